The van der Waals surface area contributed by atoms with E-state index < -0.39 is 17.7 Å². The fraction of sp³-hybridized carbons (Fsp3) is 0.769. The number of imide groups is 1. The van der Waals surface area contributed by atoms with Crippen molar-refractivity contribution in [1.29, 1.82) is 0 Å². The van der Waals surface area contributed by atoms with Gasteiger partial charge in [-0.2, -0.15) is 0 Å². The van der Waals surface area contributed by atoms with E-state index in [2.05, 4.69) is 10.6 Å². The third-order valence-electron chi connectivity index (χ3n) is 3.07. The Hall–Kier alpha value is -1.79. The molecule has 1 aliphatic carbocycles. The zero-order valence-corrected chi connectivity index (χ0v) is 12.2. The molecular formula is C13H23N3O4. The number of amides is 4. The molecule has 0 spiro atoms. The molecule has 1 aliphatic rings. The van der Waals surface area contributed by atoms with Crippen molar-refractivity contribution in [2.45, 2.75) is 58.1 Å². The lowest BCUT2D eigenvalue weighted by molar-refractivity contribution is -0.124. The Bertz CT molecular complexity index is 382. The van der Waals surface area contributed by atoms with Gasteiger partial charge in [-0.3, -0.25) is 10.1 Å². The highest BCUT2D eigenvalue weighted by molar-refractivity contribution is 5.94. The third kappa shape index (κ3) is 5.90. The smallest absolute Gasteiger partial charge is 0.407 e. The van der Waals surface area contributed by atoms with Crippen molar-refractivity contribution in [3.8, 4) is 0 Å². The molecule has 1 rings (SSSR count). The van der Waals surface area contributed by atoms with Crippen LogP contribution >= 0.6 is 0 Å². The molecule has 0 aromatic carbocycles. The molecule has 0 bridgehead atoms. The first kappa shape index (κ1) is 16.3. The minimum Gasteiger partial charge on any atom is -0.444 e. The highest BCUT2D eigenvalue weighted by Gasteiger charge is 2.28. The Kier molecular flexibility index (Phi) is 5.35. The molecule has 0 radical (unpaired) electrons. The van der Waals surface area contributed by atoms with Gasteiger partial charge in [0.1, 0.15) is 5.60 Å². The SMILES string of the molecule is CC(C)(C)OC(=O)NC1CCC(C(=O)NC(N)=O)CC1. The van der Waals surface area contributed by atoms with Crippen molar-refractivity contribution < 1.29 is 19.1 Å². The second kappa shape index (κ2) is 6.58. The van der Waals surface area contributed by atoms with Gasteiger partial charge < -0.3 is 15.8 Å². The van der Waals surface area contributed by atoms with E-state index in [1.54, 1.807) is 20.8 Å². The monoisotopic (exact) mass is 285 g/mol. The zero-order chi connectivity index (χ0) is 15.3. The lowest BCUT2D eigenvalue weighted by Crippen LogP contribution is -2.44. The second-order valence-corrected chi connectivity index (χ2v) is 6.05. The molecule has 7 heteroatoms. The fourth-order valence-corrected chi connectivity index (χ4v) is 2.20. The van der Waals surface area contributed by atoms with Gasteiger partial charge in [0, 0.05) is 12.0 Å². The number of hydrogen-bond acceptors (Lipinski definition) is 4. The lowest BCUT2D eigenvalue weighted by atomic mass is 9.85. The van der Waals surface area contributed by atoms with E-state index in [1.165, 1.54) is 0 Å². The molecular weight excluding hydrogens is 262 g/mol. The molecule has 0 saturated heterocycles. The molecule has 114 valence electrons. The highest BCUT2D eigenvalue weighted by atomic mass is 16.6. The Morgan fingerprint density at radius 3 is 2.10 bits per heavy atom. The number of ether oxygens (including phenoxy) is 1. The number of carbonyl (C=O) groups is 3. The van der Waals surface area contributed by atoms with E-state index in [4.69, 9.17) is 10.5 Å². The van der Waals surface area contributed by atoms with Crippen molar-refractivity contribution in [2.75, 3.05) is 0 Å². The van der Waals surface area contributed by atoms with Crippen LogP contribution in [-0.2, 0) is 9.53 Å². The normalized spacial score (nSPS) is 22.8. The van der Waals surface area contributed by atoms with Crippen molar-refractivity contribution in [3.05, 3.63) is 0 Å². The van der Waals surface area contributed by atoms with Crippen LogP contribution in [0.5, 0.6) is 0 Å². The molecule has 1 fully saturated rings. The summed E-state index contributed by atoms with van der Waals surface area (Å²) < 4.78 is 5.18. The quantitative estimate of drug-likeness (QED) is 0.709. The van der Waals surface area contributed by atoms with E-state index in [9.17, 15) is 14.4 Å². The van der Waals surface area contributed by atoms with Gasteiger partial charge in [-0.1, -0.05) is 0 Å². The molecule has 1 saturated carbocycles. The van der Waals surface area contributed by atoms with E-state index in [1.807, 2.05) is 0 Å². The van der Waals surface area contributed by atoms with E-state index >= 15 is 0 Å². The molecule has 0 aromatic rings. The Morgan fingerprint density at radius 2 is 1.65 bits per heavy atom. The van der Waals surface area contributed by atoms with E-state index in [-0.39, 0.29) is 17.9 Å². The Morgan fingerprint density at radius 1 is 1.10 bits per heavy atom. The number of hydrogen-bond donors (Lipinski definition) is 3. The highest BCUT2D eigenvalue weighted by Crippen LogP contribution is 2.24. The standard InChI is InChI=1S/C13H23N3O4/c1-13(2,3)20-12(19)15-9-6-4-8(5-7-9)10(17)16-11(14)18/h8-9H,4-7H2,1-3H3,(H,15,19)(H3,14,16,17,18). The van der Waals surface area contributed by atoms with Gasteiger partial charge in [-0.05, 0) is 46.5 Å². The van der Waals surface area contributed by atoms with Crippen LogP contribution in [0.4, 0.5) is 9.59 Å². The first-order valence-electron chi connectivity index (χ1n) is 6.77. The third-order valence-corrected chi connectivity index (χ3v) is 3.07. The van der Waals surface area contributed by atoms with Gasteiger partial charge in [0.25, 0.3) is 0 Å². The summed E-state index contributed by atoms with van der Waals surface area (Å²) in [7, 11) is 0. The van der Waals surface area contributed by atoms with Gasteiger partial charge in [0.15, 0.2) is 0 Å². The summed E-state index contributed by atoms with van der Waals surface area (Å²) in [5.41, 5.74) is 4.38. The van der Waals surface area contributed by atoms with Crippen molar-refractivity contribution in [3.63, 3.8) is 0 Å². The molecule has 0 aromatic heterocycles. The zero-order valence-electron chi connectivity index (χ0n) is 12.2. The van der Waals surface area contributed by atoms with Gasteiger partial charge in [0.05, 0.1) is 0 Å². The van der Waals surface area contributed by atoms with Gasteiger partial charge >= 0.3 is 12.1 Å². The summed E-state index contributed by atoms with van der Waals surface area (Å²) in [6, 6.07) is -0.827. The van der Waals surface area contributed by atoms with Crippen LogP contribution in [-0.4, -0.2) is 29.7 Å². The number of nitrogens with one attached hydrogen (secondary N) is 2. The summed E-state index contributed by atoms with van der Waals surface area (Å²) in [6.45, 7) is 5.41. The topological polar surface area (TPSA) is 111 Å². The van der Waals surface area contributed by atoms with Crippen LogP contribution < -0.4 is 16.4 Å². The second-order valence-electron chi connectivity index (χ2n) is 6.05. The summed E-state index contributed by atoms with van der Waals surface area (Å²) >= 11 is 0. The summed E-state index contributed by atoms with van der Waals surface area (Å²) in [6.07, 6.45) is 2.13. The first-order chi connectivity index (χ1) is 9.17. The summed E-state index contributed by atoms with van der Waals surface area (Å²) in [4.78, 5) is 33.8. The number of urea groups is 1. The maximum atomic E-state index is 11.6. The maximum Gasteiger partial charge on any atom is 0.407 e. The lowest BCUT2D eigenvalue weighted by Gasteiger charge is -2.29. The molecule has 7 nitrogen and oxygen atoms in total. The van der Waals surface area contributed by atoms with Crippen LogP contribution in [0.2, 0.25) is 0 Å². The molecule has 0 aliphatic heterocycles. The van der Waals surface area contributed by atoms with Crippen molar-refractivity contribution in [2.24, 2.45) is 11.7 Å². The van der Waals surface area contributed by atoms with Crippen molar-refractivity contribution >= 4 is 18.0 Å². The van der Waals surface area contributed by atoms with Crippen LogP contribution in [0.1, 0.15) is 46.5 Å². The minimum absolute atomic E-state index is 0.00229. The number of primary amides is 1. The van der Waals surface area contributed by atoms with E-state index in [0.717, 1.165) is 0 Å². The van der Waals surface area contributed by atoms with Crippen LogP contribution in [0.15, 0.2) is 0 Å². The predicted molar refractivity (Wildman–Crippen MR) is 72.8 cm³/mol. The molecule has 0 heterocycles. The van der Waals surface area contributed by atoms with Crippen molar-refractivity contribution in [1.82, 2.24) is 10.6 Å². The molecule has 4 amide bonds. The molecule has 0 atom stereocenters. The Balaban J connectivity index is 2.34. The number of rotatable bonds is 2. The number of nitrogens with two attached hydrogens (primary N) is 1. The van der Waals surface area contributed by atoms with Crippen LogP contribution in [0.3, 0.4) is 0 Å². The summed E-state index contributed by atoms with van der Waals surface area (Å²) in [5.74, 6) is -0.563. The minimum atomic E-state index is -0.830. The summed E-state index contributed by atoms with van der Waals surface area (Å²) in [5, 5.41) is 4.88. The molecule has 20 heavy (non-hydrogen) atoms. The first-order valence-corrected chi connectivity index (χ1v) is 6.77. The number of alkyl carbamates (subject to hydrolysis) is 1. The van der Waals surface area contributed by atoms with Gasteiger partial charge in [-0.15, -0.1) is 0 Å². The molecule has 4 N–H and O–H groups in total. The average Bonchev–Trinajstić information content (AvgIpc) is 2.26. The van der Waals surface area contributed by atoms with Gasteiger partial charge in [-0.25, -0.2) is 9.59 Å². The Labute approximate surface area is 118 Å². The number of carbonyl (C=O) groups excluding carboxylic acids is 3. The van der Waals surface area contributed by atoms with E-state index in [0.29, 0.717) is 25.7 Å². The average molecular weight is 285 g/mol. The molecule has 0 unspecified atom stereocenters. The van der Waals surface area contributed by atoms with Crippen LogP contribution in [0, 0.1) is 5.92 Å². The maximum absolute atomic E-state index is 11.6. The van der Waals surface area contributed by atoms with Gasteiger partial charge in [0.2, 0.25) is 5.91 Å². The van der Waals surface area contributed by atoms with Crippen LogP contribution in [0.25, 0.3) is 0 Å². The fourth-order valence-electron chi connectivity index (χ4n) is 2.20. The predicted octanol–water partition coefficient (Wildman–Crippen LogP) is 1.26. The largest absolute Gasteiger partial charge is 0.444 e.